The minimum Gasteiger partial charge on any atom is -0.308 e. The number of rotatable bonds is 2. The van der Waals surface area contributed by atoms with Crippen LogP contribution in [-0.2, 0) is 5.88 Å². The van der Waals surface area contributed by atoms with E-state index >= 15 is 0 Å². The molecule has 0 fully saturated rings. The Bertz CT molecular complexity index is 532. The summed E-state index contributed by atoms with van der Waals surface area (Å²) in [5.41, 5.74) is 3.79. The second-order valence-electron chi connectivity index (χ2n) is 3.68. The van der Waals surface area contributed by atoms with Crippen LogP contribution in [0.25, 0.3) is 5.69 Å². The molecule has 2 nitrogen and oxygen atoms in total. The van der Waals surface area contributed by atoms with Crippen molar-refractivity contribution in [1.82, 2.24) is 4.57 Å². The van der Waals surface area contributed by atoms with E-state index in [9.17, 15) is 0 Å². The van der Waals surface area contributed by atoms with E-state index in [-0.39, 0.29) is 0 Å². The van der Waals surface area contributed by atoms with Gasteiger partial charge in [0.05, 0.1) is 0 Å². The van der Waals surface area contributed by atoms with Gasteiger partial charge in [-0.1, -0.05) is 12.1 Å². The predicted octanol–water partition coefficient (Wildman–Crippen LogP) is 3.40. The Morgan fingerprint density at radius 1 is 1.31 bits per heavy atom. The minimum atomic E-state index is 0.510. The van der Waals surface area contributed by atoms with Gasteiger partial charge in [0.2, 0.25) is 0 Å². The lowest BCUT2D eigenvalue weighted by Gasteiger charge is -2.05. The first-order valence-electron chi connectivity index (χ1n) is 4.99. The highest BCUT2D eigenvalue weighted by Crippen LogP contribution is 2.16. The molecule has 1 aromatic carbocycles. The first-order chi connectivity index (χ1) is 7.74. The van der Waals surface area contributed by atoms with E-state index in [0.29, 0.717) is 11.6 Å². The number of aromatic nitrogens is 1. The van der Waals surface area contributed by atoms with E-state index in [1.807, 2.05) is 48.0 Å². The van der Waals surface area contributed by atoms with Gasteiger partial charge in [-0.15, -0.1) is 11.6 Å². The zero-order valence-corrected chi connectivity index (χ0v) is 9.70. The van der Waals surface area contributed by atoms with Crippen LogP contribution in [0.4, 0.5) is 0 Å². The Morgan fingerprint density at radius 3 is 2.56 bits per heavy atom. The maximum Gasteiger partial charge on any atom is 0.125 e. The van der Waals surface area contributed by atoms with Crippen molar-refractivity contribution in [1.29, 1.82) is 5.26 Å². The number of halogens is 1. The van der Waals surface area contributed by atoms with E-state index < -0.39 is 0 Å². The Balaban J connectivity index is 2.46. The molecule has 0 atom stereocenters. The second-order valence-corrected chi connectivity index (χ2v) is 3.95. The molecule has 0 saturated heterocycles. The molecule has 16 heavy (non-hydrogen) atoms. The molecule has 2 rings (SSSR count). The summed E-state index contributed by atoms with van der Waals surface area (Å²) in [7, 11) is 0. The molecule has 0 aliphatic heterocycles. The standard InChI is InChI=1S/C13H11ClN2/c1-10-6-13(8-15)16(9-10)12-4-2-11(7-14)3-5-12/h2-6,9H,7H2,1H3. The summed E-state index contributed by atoms with van der Waals surface area (Å²) in [6.07, 6.45) is 1.95. The summed E-state index contributed by atoms with van der Waals surface area (Å²) in [6.45, 7) is 1.98. The molecule has 0 saturated carbocycles. The summed E-state index contributed by atoms with van der Waals surface area (Å²) in [4.78, 5) is 0. The molecule has 0 unspecified atom stereocenters. The highest BCUT2D eigenvalue weighted by atomic mass is 35.5. The molecule has 2 aromatic rings. The molecule has 0 N–H and O–H groups in total. The van der Waals surface area contributed by atoms with Crippen LogP contribution >= 0.6 is 11.6 Å². The normalized spacial score (nSPS) is 10.1. The fraction of sp³-hybridized carbons (Fsp3) is 0.154. The Kier molecular flexibility index (Phi) is 2.98. The van der Waals surface area contributed by atoms with Crippen LogP contribution in [0.5, 0.6) is 0 Å². The molecule has 0 aliphatic carbocycles. The molecular formula is C13H11ClN2. The molecule has 0 aliphatic rings. The number of hydrogen-bond donors (Lipinski definition) is 0. The van der Waals surface area contributed by atoms with E-state index in [1.54, 1.807) is 0 Å². The monoisotopic (exact) mass is 230 g/mol. The minimum absolute atomic E-state index is 0.510. The fourth-order valence-electron chi connectivity index (χ4n) is 1.64. The van der Waals surface area contributed by atoms with Gasteiger partial charge in [-0.05, 0) is 36.2 Å². The maximum atomic E-state index is 9.00. The molecular weight excluding hydrogens is 220 g/mol. The highest BCUT2D eigenvalue weighted by Gasteiger charge is 2.04. The van der Waals surface area contributed by atoms with E-state index in [1.165, 1.54) is 0 Å². The number of hydrogen-bond acceptors (Lipinski definition) is 1. The van der Waals surface area contributed by atoms with Gasteiger partial charge in [-0.3, -0.25) is 0 Å². The highest BCUT2D eigenvalue weighted by molar-refractivity contribution is 6.17. The SMILES string of the molecule is Cc1cc(C#N)n(-c2ccc(CCl)cc2)c1. The summed E-state index contributed by atoms with van der Waals surface area (Å²) in [5, 5.41) is 9.00. The molecule has 0 radical (unpaired) electrons. The van der Waals surface area contributed by atoms with E-state index in [4.69, 9.17) is 16.9 Å². The second kappa shape index (κ2) is 4.42. The first kappa shape index (κ1) is 10.8. The summed E-state index contributed by atoms with van der Waals surface area (Å²) < 4.78 is 1.88. The summed E-state index contributed by atoms with van der Waals surface area (Å²) in [6, 6.07) is 11.9. The van der Waals surface area contributed by atoms with Gasteiger partial charge in [0.25, 0.3) is 0 Å². The maximum absolute atomic E-state index is 9.00. The van der Waals surface area contributed by atoms with Gasteiger partial charge in [0.1, 0.15) is 11.8 Å². The molecule has 0 spiro atoms. The van der Waals surface area contributed by atoms with Crippen LogP contribution in [0.15, 0.2) is 36.5 Å². The van der Waals surface area contributed by atoms with Crippen molar-refractivity contribution in [3.8, 4) is 11.8 Å². The van der Waals surface area contributed by atoms with Gasteiger partial charge in [0.15, 0.2) is 0 Å². The Labute approximate surface area is 99.7 Å². The van der Waals surface area contributed by atoms with Crippen molar-refractivity contribution in [3.63, 3.8) is 0 Å². The van der Waals surface area contributed by atoms with Crippen molar-refractivity contribution in [2.75, 3.05) is 0 Å². The number of benzene rings is 1. The average Bonchev–Trinajstić information content (AvgIpc) is 2.70. The van der Waals surface area contributed by atoms with Crippen molar-refractivity contribution < 1.29 is 0 Å². The van der Waals surface area contributed by atoms with E-state index in [2.05, 4.69) is 6.07 Å². The fourth-order valence-corrected chi connectivity index (χ4v) is 1.82. The van der Waals surface area contributed by atoms with Gasteiger partial charge < -0.3 is 4.57 Å². The third-order valence-corrected chi connectivity index (χ3v) is 2.75. The summed E-state index contributed by atoms with van der Waals surface area (Å²) in [5.74, 6) is 0.510. The molecule has 3 heteroatoms. The first-order valence-corrected chi connectivity index (χ1v) is 5.52. The Hall–Kier alpha value is -1.72. The van der Waals surface area contributed by atoms with Gasteiger partial charge in [0, 0.05) is 17.8 Å². The number of nitriles is 1. The van der Waals surface area contributed by atoms with Gasteiger partial charge in [-0.2, -0.15) is 5.26 Å². The quantitative estimate of drug-likeness (QED) is 0.727. The smallest absolute Gasteiger partial charge is 0.125 e. The van der Waals surface area contributed by atoms with Crippen LogP contribution in [0.2, 0.25) is 0 Å². The largest absolute Gasteiger partial charge is 0.308 e. The molecule has 0 amide bonds. The van der Waals surface area contributed by atoms with Crippen molar-refractivity contribution in [3.05, 3.63) is 53.3 Å². The lowest BCUT2D eigenvalue weighted by atomic mass is 10.2. The molecule has 1 heterocycles. The van der Waals surface area contributed by atoms with Crippen LogP contribution < -0.4 is 0 Å². The van der Waals surface area contributed by atoms with Crippen molar-refractivity contribution in [2.24, 2.45) is 0 Å². The summed E-state index contributed by atoms with van der Waals surface area (Å²) >= 11 is 5.73. The third-order valence-electron chi connectivity index (χ3n) is 2.44. The lowest BCUT2D eigenvalue weighted by molar-refractivity contribution is 1.05. The van der Waals surface area contributed by atoms with Crippen LogP contribution in [0, 0.1) is 18.3 Å². The van der Waals surface area contributed by atoms with Gasteiger partial charge >= 0.3 is 0 Å². The van der Waals surface area contributed by atoms with Crippen molar-refractivity contribution >= 4 is 11.6 Å². The lowest BCUT2D eigenvalue weighted by Crippen LogP contribution is -1.95. The zero-order chi connectivity index (χ0) is 11.5. The molecule has 0 bridgehead atoms. The number of nitrogens with zero attached hydrogens (tertiary/aromatic N) is 2. The van der Waals surface area contributed by atoms with E-state index in [0.717, 1.165) is 16.8 Å². The van der Waals surface area contributed by atoms with Crippen LogP contribution in [-0.4, -0.2) is 4.57 Å². The zero-order valence-electron chi connectivity index (χ0n) is 8.94. The number of aryl methyl sites for hydroxylation is 1. The third kappa shape index (κ3) is 1.95. The average molecular weight is 231 g/mol. The molecule has 80 valence electrons. The predicted molar refractivity (Wildman–Crippen MR) is 64.8 cm³/mol. The molecule has 1 aromatic heterocycles. The van der Waals surface area contributed by atoms with Crippen LogP contribution in [0.1, 0.15) is 16.8 Å². The van der Waals surface area contributed by atoms with Crippen LogP contribution in [0.3, 0.4) is 0 Å². The van der Waals surface area contributed by atoms with Gasteiger partial charge in [-0.25, -0.2) is 0 Å². The topological polar surface area (TPSA) is 28.7 Å². The van der Waals surface area contributed by atoms with Crippen molar-refractivity contribution in [2.45, 2.75) is 12.8 Å². The number of alkyl halides is 1. The Morgan fingerprint density at radius 2 is 2.00 bits per heavy atom.